The molecule has 2 aromatic rings. The summed E-state index contributed by atoms with van der Waals surface area (Å²) < 4.78 is 11.0. The number of amidine groups is 1. The Morgan fingerprint density at radius 2 is 1.92 bits per heavy atom. The second kappa shape index (κ2) is 9.14. The predicted octanol–water partition coefficient (Wildman–Crippen LogP) is 3.28. The quantitative estimate of drug-likeness (QED) is 0.346. The van der Waals surface area contributed by atoms with Crippen molar-refractivity contribution in [3.63, 3.8) is 0 Å². The Labute approximate surface area is 145 Å². The van der Waals surface area contributed by atoms with Crippen LogP contribution < -0.4 is 15.0 Å². The molecule has 0 amide bonds. The Morgan fingerprint density at radius 3 is 2.54 bits per heavy atom. The minimum atomic E-state index is 0.333. The molecule has 1 aromatic heterocycles. The number of hydrogen-bond acceptors (Lipinski definition) is 6. The van der Waals surface area contributed by atoms with Crippen LogP contribution in [0.1, 0.15) is 11.3 Å². The third-order valence-electron chi connectivity index (χ3n) is 3.20. The van der Waals surface area contributed by atoms with Gasteiger partial charge < -0.3 is 9.47 Å². The topological polar surface area (TPSA) is 76.0 Å². The largest absolute Gasteiger partial charge is 0.497 e. The molecular weight excluding hydrogens is 326 g/mol. The number of aryl methyl sites for hydroxylation is 1. The number of thioether (sulfide) groups is 1. The lowest BCUT2D eigenvalue weighted by atomic mass is 10.2. The molecule has 0 saturated heterocycles. The summed E-state index contributed by atoms with van der Waals surface area (Å²) in [5, 5.41) is 9.42. The summed E-state index contributed by atoms with van der Waals surface area (Å²) >= 11 is 1.69. The lowest BCUT2D eigenvalue weighted by Gasteiger charge is -2.12. The second-order valence-corrected chi connectivity index (χ2v) is 5.90. The van der Waals surface area contributed by atoms with Crippen LogP contribution in [0.3, 0.4) is 0 Å². The van der Waals surface area contributed by atoms with E-state index >= 15 is 0 Å². The summed E-state index contributed by atoms with van der Waals surface area (Å²) in [7, 11) is 1.61. The van der Waals surface area contributed by atoms with Crippen LogP contribution >= 0.6 is 11.8 Å². The number of rotatable bonds is 7. The van der Waals surface area contributed by atoms with Crippen LogP contribution in [0.15, 0.2) is 41.4 Å². The Balaban J connectivity index is 2.30. The molecule has 0 fully saturated rings. The van der Waals surface area contributed by atoms with Crippen molar-refractivity contribution in [2.45, 2.75) is 6.92 Å². The lowest BCUT2D eigenvalue weighted by Crippen LogP contribution is -2.22. The molecule has 0 unspecified atom stereocenters. The number of nitrogens with one attached hydrogen (secondary N) is 1. The van der Waals surface area contributed by atoms with Gasteiger partial charge in [-0.1, -0.05) is 0 Å². The zero-order chi connectivity index (χ0) is 17.4. The first kappa shape index (κ1) is 18.1. The number of pyridine rings is 1. The van der Waals surface area contributed by atoms with Crippen molar-refractivity contribution in [1.82, 2.24) is 10.5 Å². The number of aromatic nitrogens is 1. The normalized spacial score (nSPS) is 11.2. The van der Waals surface area contributed by atoms with Crippen LogP contribution in [0.2, 0.25) is 0 Å². The third kappa shape index (κ3) is 4.87. The van der Waals surface area contributed by atoms with Gasteiger partial charge in [0.2, 0.25) is 5.88 Å². The van der Waals surface area contributed by atoms with E-state index in [1.54, 1.807) is 31.0 Å². The average Bonchev–Trinajstić information content (AvgIpc) is 2.60. The van der Waals surface area contributed by atoms with Gasteiger partial charge in [0.25, 0.3) is 0 Å². The van der Waals surface area contributed by atoms with E-state index in [0.29, 0.717) is 29.6 Å². The SMILES string of the molecule is COc1ccc(Oc2nc(C)ccc2C(=NCCSC)NO)cc1. The van der Waals surface area contributed by atoms with Gasteiger partial charge >= 0.3 is 0 Å². The number of benzene rings is 1. The summed E-state index contributed by atoms with van der Waals surface area (Å²) in [6.45, 7) is 2.46. The third-order valence-corrected chi connectivity index (χ3v) is 3.79. The van der Waals surface area contributed by atoms with Gasteiger partial charge in [0.05, 0.1) is 19.2 Å². The number of hydroxylamine groups is 1. The molecule has 0 bridgehead atoms. The number of aliphatic imine (C=N–C) groups is 1. The molecule has 1 heterocycles. The van der Waals surface area contributed by atoms with Gasteiger partial charge in [-0.2, -0.15) is 11.8 Å². The first-order valence-electron chi connectivity index (χ1n) is 7.41. The Bertz CT molecular complexity index is 690. The highest BCUT2D eigenvalue weighted by Crippen LogP contribution is 2.25. The summed E-state index contributed by atoms with van der Waals surface area (Å²) in [6.07, 6.45) is 2.01. The zero-order valence-electron chi connectivity index (χ0n) is 13.9. The van der Waals surface area contributed by atoms with E-state index in [9.17, 15) is 5.21 Å². The van der Waals surface area contributed by atoms with Crippen LogP contribution in [-0.4, -0.2) is 41.7 Å². The molecular formula is C17H21N3O3S. The van der Waals surface area contributed by atoms with Crippen molar-refractivity contribution in [1.29, 1.82) is 0 Å². The summed E-state index contributed by atoms with van der Waals surface area (Å²) in [5.41, 5.74) is 3.55. The van der Waals surface area contributed by atoms with E-state index in [0.717, 1.165) is 17.2 Å². The fraction of sp³-hybridized carbons (Fsp3) is 0.294. The molecule has 2 rings (SSSR count). The molecule has 128 valence electrons. The van der Waals surface area contributed by atoms with E-state index < -0.39 is 0 Å². The Hall–Kier alpha value is -2.25. The minimum absolute atomic E-state index is 0.333. The maximum atomic E-state index is 9.42. The van der Waals surface area contributed by atoms with Crippen LogP contribution in [0, 0.1) is 6.92 Å². The zero-order valence-corrected chi connectivity index (χ0v) is 14.8. The van der Waals surface area contributed by atoms with E-state index in [1.165, 1.54) is 0 Å². The fourth-order valence-electron chi connectivity index (χ4n) is 1.98. The van der Waals surface area contributed by atoms with Gasteiger partial charge in [0, 0.05) is 11.4 Å². The van der Waals surface area contributed by atoms with Crippen molar-refractivity contribution in [3.05, 3.63) is 47.7 Å². The smallest absolute Gasteiger partial charge is 0.230 e. The summed E-state index contributed by atoms with van der Waals surface area (Å²) in [5.74, 6) is 2.94. The standard InChI is InChI=1S/C17H21N3O3S/c1-12-4-9-15(16(20-21)18-10-11-24-3)17(19-12)23-14-7-5-13(22-2)6-8-14/h4-9,21H,10-11H2,1-3H3,(H,18,20). The molecule has 7 heteroatoms. The molecule has 0 aliphatic rings. The first-order valence-corrected chi connectivity index (χ1v) is 8.80. The van der Waals surface area contributed by atoms with E-state index in [4.69, 9.17) is 9.47 Å². The number of hydrogen-bond donors (Lipinski definition) is 2. The highest BCUT2D eigenvalue weighted by Gasteiger charge is 2.13. The van der Waals surface area contributed by atoms with E-state index in [1.807, 2.05) is 37.4 Å². The molecule has 0 atom stereocenters. The van der Waals surface area contributed by atoms with Gasteiger partial charge in [0.15, 0.2) is 5.84 Å². The molecule has 0 aliphatic heterocycles. The molecule has 6 nitrogen and oxygen atoms in total. The molecule has 2 N–H and O–H groups in total. The van der Waals surface area contributed by atoms with Crippen molar-refractivity contribution >= 4 is 17.6 Å². The minimum Gasteiger partial charge on any atom is -0.497 e. The fourth-order valence-corrected chi connectivity index (χ4v) is 2.25. The van der Waals surface area contributed by atoms with Gasteiger partial charge in [-0.05, 0) is 49.6 Å². The van der Waals surface area contributed by atoms with Gasteiger partial charge in [-0.15, -0.1) is 0 Å². The Morgan fingerprint density at radius 1 is 1.21 bits per heavy atom. The first-order chi connectivity index (χ1) is 11.7. The highest BCUT2D eigenvalue weighted by molar-refractivity contribution is 7.98. The van der Waals surface area contributed by atoms with Crippen molar-refractivity contribution in [2.75, 3.05) is 25.7 Å². The van der Waals surface area contributed by atoms with Crippen molar-refractivity contribution in [3.8, 4) is 17.4 Å². The number of ether oxygens (including phenoxy) is 2. The number of methoxy groups -OCH3 is 1. The molecule has 24 heavy (non-hydrogen) atoms. The van der Waals surface area contributed by atoms with Gasteiger partial charge in [0.1, 0.15) is 11.5 Å². The van der Waals surface area contributed by atoms with Crippen molar-refractivity contribution in [2.24, 2.45) is 4.99 Å². The maximum absolute atomic E-state index is 9.42. The number of nitrogens with zero attached hydrogens (tertiary/aromatic N) is 2. The van der Waals surface area contributed by atoms with Crippen LogP contribution in [0.25, 0.3) is 0 Å². The highest BCUT2D eigenvalue weighted by atomic mass is 32.2. The van der Waals surface area contributed by atoms with E-state index in [-0.39, 0.29) is 0 Å². The monoisotopic (exact) mass is 347 g/mol. The van der Waals surface area contributed by atoms with Crippen LogP contribution in [0.5, 0.6) is 17.4 Å². The average molecular weight is 347 g/mol. The van der Waals surface area contributed by atoms with Crippen molar-refractivity contribution < 1.29 is 14.7 Å². The maximum Gasteiger partial charge on any atom is 0.230 e. The summed E-state index contributed by atoms with van der Waals surface area (Å²) in [4.78, 5) is 8.77. The Kier molecular flexibility index (Phi) is 6.89. The lowest BCUT2D eigenvalue weighted by molar-refractivity contribution is 0.234. The molecule has 0 saturated carbocycles. The predicted molar refractivity (Wildman–Crippen MR) is 96.8 cm³/mol. The second-order valence-electron chi connectivity index (χ2n) is 4.92. The van der Waals surface area contributed by atoms with Gasteiger partial charge in [-0.3, -0.25) is 15.7 Å². The molecule has 0 spiro atoms. The molecule has 1 aromatic carbocycles. The van der Waals surface area contributed by atoms with Gasteiger partial charge in [-0.25, -0.2) is 4.98 Å². The van der Waals surface area contributed by atoms with Crippen LogP contribution in [0.4, 0.5) is 0 Å². The van der Waals surface area contributed by atoms with E-state index in [2.05, 4.69) is 15.5 Å². The molecule has 0 aliphatic carbocycles. The summed E-state index contributed by atoms with van der Waals surface area (Å²) in [6, 6.07) is 10.9. The molecule has 0 radical (unpaired) electrons. The van der Waals surface area contributed by atoms with Crippen LogP contribution in [-0.2, 0) is 0 Å².